The van der Waals surface area contributed by atoms with Crippen LogP contribution in [0.1, 0.15) is 0 Å². The zero-order valence-electron chi connectivity index (χ0n) is 5.52. The standard InChI is InChI=1S/C7H6O4/c8-5-3-1-2-4-6(9)7(5,10)11/h1-4,10-11H. The van der Waals surface area contributed by atoms with Crippen molar-refractivity contribution < 1.29 is 19.8 Å². The van der Waals surface area contributed by atoms with Crippen LogP contribution < -0.4 is 0 Å². The van der Waals surface area contributed by atoms with Gasteiger partial charge in [0.15, 0.2) is 0 Å². The zero-order valence-corrected chi connectivity index (χ0v) is 5.52. The average molecular weight is 154 g/mol. The first kappa shape index (κ1) is 7.84. The van der Waals surface area contributed by atoms with Crippen molar-refractivity contribution in [3.8, 4) is 0 Å². The van der Waals surface area contributed by atoms with Crippen molar-refractivity contribution >= 4 is 11.6 Å². The van der Waals surface area contributed by atoms with Gasteiger partial charge in [-0.1, -0.05) is 12.2 Å². The van der Waals surface area contributed by atoms with Gasteiger partial charge in [-0.15, -0.1) is 0 Å². The Morgan fingerprint density at radius 2 is 1.36 bits per heavy atom. The molecule has 0 bridgehead atoms. The van der Waals surface area contributed by atoms with E-state index in [1.807, 2.05) is 0 Å². The van der Waals surface area contributed by atoms with Crippen LogP contribution in [0.4, 0.5) is 0 Å². The maximum absolute atomic E-state index is 10.7. The van der Waals surface area contributed by atoms with E-state index in [4.69, 9.17) is 10.2 Å². The summed E-state index contributed by atoms with van der Waals surface area (Å²) in [7, 11) is 0. The van der Waals surface area contributed by atoms with Gasteiger partial charge in [-0.25, -0.2) is 0 Å². The Morgan fingerprint density at radius 1 is 1.00 bits per heavy atom. The molecule has 0 spiro atoms. The van der Waals surface area contributed by atoms with E-state index in [0.29, 0.717) is 0 Å². The molecule has 2 N–H and O–H groups in total. The van der Waals surface area contributed by atoms with Gasteiger partial charge < -0.3 is 10.2 Å². The Hall–Kier alpha value is -1.26. The summed E-state index contributed by atoms with van der Waals surface area (Å²) in [6.45, 7) is 0. The topological polar surface area (TPSA) is 74.6 Å². The normalized spacial score (nSPS) is 22.0. The lowest BCUT2D eigenvalue weighted by Gasteiger charge is -2.12. The summed E-state index contributed by atoms with van der Waals surface area (Å²) in [5.41, 5.74) is 0. The number of rotatable bonds is 0. The number of ketones is 2. The number of aliphatic hydroxyl groups is 2. The molecular weight excluding hydrogens is 148 g/mol. The summed E-state index contributed by atoms with van der Waals surface area (Å²) in [5, 5.41) is 17.7. The lowest BCUT2D eigenvalue weighted by atomic mass is 10.1. The molecule has 0 aliphatic heterocycles. The number of allylic oxidation sites excluding steroid dienone is 2. The third kappa shape index (κ3) is 1.26. The van der Waals surface area contributed by atoms with Crippen LogP contribution in [0, 0.1) is 0 Å². The molecule has 0 saturated carbocycles. The molecule has 1 aliphatic carbocycles. The number of hydrogen-bond donors (Lipinski definition) is 2. The van der Waals surface area contributed by atoms with Crippen LogP contribution in [-0.2, 0) is 9.59 Å². The number of carbonyl (C=O) groups excluding carboxylic acids is 2. The van der Waals surface area contributed by atoms with Crippen LogP contribution in [0.5, 0.6) is 0 Å². The van der Waals surface area contributed by atoms with Crippen molar-refractivity contribution in [3.05, 3.63) is 24.3 Å². The van der Waals surface area contributed by atoms with Crippen molar-refractivity contribution in [3.63, 3.8) is 0 Å². The molecule has 1 aliphatic rings. The number of carbonyl (C=O) groups is 2. The Bertz CT molecular complexity index is 234. The summed E-state index contributed by atoms with van der Waals surface area (Å²) in [6.07, 6.45) is 4.41. The molecule has 4 nitrogen and oxygen atoms in total. The Labute approximate surface area is 62.5 Å². The van der Waals surface area contributed by atoms with Crippen LogP contribution in [0.2, 0.25) is 0 Å². The van der Waals surface area contributed by atoms with Gasteiger partial charge >= 0.3 is 0 Å². The molecule has 11 heavy (non-hydrogen) atoms. The SMILES string of the molecule is O=C1C=CC=CC(=O)C1(O)O. The number of hydrogen-bond acceptors (Lipinski definition) is 4. The molecule has 0 atom stereocenters. The molecule has 1 rings (SSSR count). The molecule has 4 heteroatoms. The van der Waals surface area contributed by atoms with Crippen molar-refractivity contribution in [2.24, 2.45) is 0 Å². The minimum absolute atomic E-state index is 0.932. The van der Waals surface area contributed by atoms with E-state index >= 15 is 0 Å². The second-order valence-corrected chi connectivity index (χ2v) is 2.12. The van der Waals surface area contributed by atoms with Gasteiger partial charge in [-0.3, -0.25) is 9.59 Å². The largest absolute Gasteiger partial charge is 0.353 e. The summed E-state index contributed by atoms with van der Waals surface area (Å²) < 4.78 is 0. The molecule has 58 valence electrons. The summed E-state index contributed by atoms with van der Waals surface area (Å²) in [4.78, 5) is 21.4. The highest BCUT2D eigenvalue weighted by atomic mass is 16.5. The van der Waals surface area contributed by atoms with Crippen LogP contribution in [0.15, 0.2) is 24.3 Å². The highest BCUT2D eigenvalue weighted by molar-refractivity contribution is 6.17. The first-order chi connectivity index (χ1) is 5.05. The van der Waals surface area contributed by atoms with E-state index in [1.54, 1.807) is 0 Å². The first-order valence-corrected chi connectivity index (χ1v) is 2.93. The highest BCUT2D eigenvalue weighted by Gasteiger charge is 2.38. The van der Waals surface area contributed by atoms with Crippen LogP contribution in [0.3, 0.4) is 0 Å². The summed E-state index contributed by atoms with van der Waals surface area (Å²) in [6, 6.07) is 0. The Kier molecular flexibility index (Phi) is 1.72. The minimum atomic E-state index is -2.87. The Balaban J connectivity index is 3.08. The van der Waals surface area contributed by atoms with Gasteiger partial charge in [0.1, 0.15) is 0 Å². The lowest BCUT2D eigenvalue weighted by Crippen LogP contribution is -2.44. The maximum Gasteiger partial charge on any atom is 0.293 e. The van der Waals surface area contributed by atoms with Crippen molar-refractivity contribution in [1.29, 1.82) is 0 Å². The van der Waals surface area contributed by atoms with Crippen LogP contribution in [0.25, 0.3) is 0 Å². The van der Waals surface area contributed by atoms with Crippen LogP contribution in [-0.4, -0.2) is 27.6 Å². The second-order valence-electron chi connectivity index (χ2n) is 2.12. The van der Waals surface area contributed by atoms with E-state index in [9.17, 15) is 9.59 Å². The predicted octanol–water partition coefficient (Wildman–Crippen LogP) is -1.07. The molecule has 0 fully saturated rings. The predicted molar refractivity (Wildman–Crippen MR) is 35.5 cm³/mol. The first-order valence-electron chi connectivity index (χ1n) is 2.93. The quantitative estimate of drug-likeness (QED) is 0.344. The van der Waals surface area contributed by atoms with E-state index < -0.39 is 17.4 Å². The second kappa shape index (κ2) is 2.41. The third-order valence-electron chi connectivity index (χ3n) is 1.29. The van der Waals surface area contributed by atoms with Gasteiger partial charge in [0.05, 0.1) is 0 Å². The van der Waals surface area contributed by atoms with Crippen molar-refractivity contribution in [1.82, 2.24) is 0 Å². The Morgan fingerprint density at radius 3 is 1.73 bits per heavy atom. The van der Waals surface area contributed by atoms with Crippen LogP contribution >= 0.6 is 0 Å². The monoisotopic (exact) mass is 154 g/mol. The fourth-order valence-electron chi connectivity index (χ4n) is 0.640. The van der Waals surface area contributed by atoms with E-state index in [2.05, 4.69) is 0 Å². The van der Waals surface area contributed by atoms with Crippen molar-refractivity contribution in [2.75, 3.05) is 0 Å². The van der Waals surface area contributed by atoms with Gasteiger partial charge in [-0.05, 0) is 12.2 Å². The van der Waals surface area contributed by atoms with Gasteiger partial charge in [0.2, 0.25) is 11.6 Å². The summed E-state index contributed by atoms with van der Waals surface area (Å²) >= 11 is 0. The molecular formula is C7H6O4. The molecule has 0 unspecified atom stereocenters. The van der Waals surface area contributed by atoms with Crippen molar-refractivity contribution in [2.45, 2.75) is 5.79 Å². The van der Waals surface area contributed by atoms with Gasteiger partial charge in [-0.2, -0.15) is 0 Å². The fourth-order valence-corrected chi connectivity index (χ4v) is 0.640. The lowest BCUT2D eigenvalue weighted by molar-refractivity contribution is -0.182. The van der Waals surface area contributed by atoms with Gasteiger partial charge in [0, 0.05) is 0 Å². The van der Waals surface area contributed by atoms with E-state index in [1.165, 1.54) is 12.2 Å². The smallest absolute Gasteiger partial charge is 0.293 e. The average Bonchev–Trinajstić information content (AvgIpc) is 2.03. The molecule has 0 heterocycles. The molecule has 0 aromatic rings. The zero-order chi connectivity index (χ0) is 8.48. The van der Waals surface area contributed by atoms with Gasteiger partial charge in [0.25, 0.3) is 5.79 Å². The van der Waals surface area contributed by atoms with E-state index in [-0.39, 0.29) is 0 Å². The fraction of sp³-hybridized carbons (Fsp3) is 0.143. The molecule has 0 aromatic heterocycles. The third-order valence-corrected chi connectivity index (χ3v) is 1.29. The minimum Gasteiger partial charge on any atom is -0.353 e. The summed E-state index contributed by atoms with van der Waals surface area (Å²) in [5.74, 6) is -4.91. The van der Waals surface area contributed by atoms with E-state index in [0.717, 1.165) is 12.2 Å². The highest BCUT2D eigenvalue weighted by Crippen LogP contribution is 2.08. The molecule has 0 saturated heterocycles. The molecule has 0 amide bonds. The maximum atomic E-state index is 10.7. The molecule has 0 radical (unpaired) electrons. The molecule has 0 aromatic carbocycles.